The molecule has 0 bridgehead atoms. The molecule has 1 aromatic heterocycles. The van der Waals surface area contributed by atoms with Gasteiger partial charge in [0.05, 0.1) is 4.90 Å². The number of aryl methyl sites for hydroxylation is 2. The Kier molecular flexibility index (Phi) is 7.18. The first-order valence-electron chi connectivity index (χ1n) is 6.93. The molecule has 0 spiro atoms. The Bertz CT molecular complexity index is 850. The van der Waals surface area contributed by atoms with Gasteiger partial charge in [-0.2, -0.15) is 0 Å². The topological polar surface area (TPSA) is 145 Å². The third kappa shape index (κ3) is 7.08. The van der Waals surface area contributed by atoms with Crippen molar-refractivity contribution in [2.75, 3.05) is 5.32 Å². The fourth-order valence-corrected chi connectivity index (χ4v) is 2.09. The minimum absolute atomic E-state index is 0.178. The van der Waals surface area contributed by atoms with Gasteiger partial charge in [0.2, 0.25) is 0 Å². The molecule has 0 aliphatic heterocycles. The minimum atomic E-state index is -4.27. The fraction of sp³-hybridized carbons (Fsp3) is 0.133. The number of nitrogens with zero attached hydrogens (tertiary/aromatic N) is 1. The molecule has 2 amide bonds. The van der Waals surface area contributed by atoms with Crippen LogP contribution >= 0.6 is 0 Å². The van der Waals surface area contributed by atoms with E-state index in [2.05, 4.69) is 5.32 Å². The van der Waals surface area contributed by atoms with Crippen molar-refractivity contribution in [1.82, 2.24) is 5.43 Å². The summed E-state index contributed by atoms with van der Waals surface area (Å²) < 4.78 is 32.9. The van der Waals surface area contributed by atoms with Crippen molar-refractivity contribution in [3.05, 3.63) is 54.4 Å². The monoisotopic (exact) mass is 366 g/mol. The van der Waals surface area contributed by atoms with Crippen LogP contribution in [0.5, 0.6) is 0 Å². The van der Waals surface area contributed by atoms with Crippen molar-refractivity contribution < 1.29 is 27.1 Å². The van der Waals surface area contributed by atoms with Crippen molar-refractivity contribution in [3.8, 4) is 0 Å². The SMILES string of the molecule is C[n+]1cccc(NC(=O)C(=O)NN)c1.Cc1ccc(S(=O)(=O)[O-])cc1. The van der Waals surface area contributed by atoms with E-state index in [1.165, 1.54) is 12.1 Å². The van der Waals surface area contributed by atoms with Gasteiger partial charge in [0.1, 0.15) is 22.9 Å². The molecular formula is C15H18N4O5S. The molecule has 1 heterocycles. The van der Waals surface area contributed by atoms with E-state index in [1.54, 1.807) is 53.7 Å². The number of rotatable bonds is 2. The number of anilines is 1. The lowest BCUT2D eigenvalue weighted by molar-refractivity contribution is -0.670. The van der Waals surface area contributed by atoms with Crippen LogP contribution in [0.3, 0.4) is 0 Å². The largest absolute Gasteiger partial charge is 0.744 e. The number of benzene rings is 1. The first-order chi connectivity index (χ1) is 11.6. The summed E-state index contributed by atoms with van der Waals surface area (Å²) in [6, 6.07) is 9.20. The van der Waals surface area contributed by atoms with E-state index >= 15 is 0 Å². The van der Waals surface area contributed by atoms with Crippen LogP contribution < -0.4 is 21.2 Å². The highest BCUT2D eigenvalue weighted by Crippen LogP contribution is 2.08. The Morgan fingerprint density at radius 1 is 1.12 bits per heavy atom. The summed E-state index contributed by atoms with van der Waals surface area (Å²) in [4.78, 5) is 21.6. The summed E-state index contributed by atoms with van der Waals surface area (Å²) in [5.41, 5.74) is 3.20. The third-order valence-corrected chi connectivity index (χ3v) is 3.69. The van der Waals surface area contributed by atoms with Gasteiger partial charge in [-0.05, 0) is 25.1 Å². The summed E-state index contributed by atoms with van der Waals surface area (Å²) in [5, 5.41) is 2.38. The van der Waals surface area contributed by atoms with Gasteiger partial charge in [0.25, 0.3) is 0 Å². The highest BCUT2D eigenvalue weighted by Gasteiger charge is 2.12. The minimum Gasteiger partial charge on any atom is -0.744 e. The normalized spacial score (nSPS) is 10.2. The number of pyridine rings is 1. The van der Waals surface area contributed by atoms with Gasteiger partial charge in [0, 0.05) is 6.07 Å². The predicted octanol–water partition coefficient (Wildman–Crippen LogP) is -0.661. The first kappa shape index (κ1) is 20.2. The average Bonchev–Trinajstić information content (AvgIpc) is 2.54. The molecule has 2 aromatic rings. The second kappa shape index (κ2) is 8.87. The van der Waals surface area contributed by atoms with Crippen molar-refractivity contribution in [1.29, 1.82) is 0 Å². The maximum Gasteiger partial charge on any atom is 0.323 e. The Morgan fingerprint density at radius 3 is 2.20 bits per heavy atom. The van der Waals surface area contributed by atoms with E-state index in [0.29, 0.717) is 5.69 Å². The van der Waals surface area contributed by atoms with Crippen molar-refractivity contribution in [2.45, 2.75) is 11.8 Å². The number of amides is 2. The molecule has 25 heavy (non-hydrogen) atoms. The number of hydrazine groups is 1. The second-order valence-electron chi connectivity index (χ2n) is 4.95. The molecule has 0 radical (unpaired) electrons. The maximum atomic E-state index is 11.0. The Labute approximate surface area is 145 Å². The van der Waals surface area contributed by atoms with Gasteiger partial charge >= 0.3 is 11.8 Å². The molecule has 134 valence electrons. The van der Waals surface area contributed by atoms with Gasteiger partial charge in [-0.1, -0.05) is 17.7 Å². The zero-order valence-electron chi connectivity index (χ0n) is 13.6. The molecule has 1 aromatic carbocycles. The summed E-state index contributed by atoms with van der Waals surface area (Å²) >= 11 is 0. The molecule has 0 saturated carbocycles. The summed E-state index contributed by atoms with van der Waals surface area (Å²) in [6.07, 6.45) is 3.47. The Balaban J connectivity index is 0.000000257. The van der Waals surface area contributed by atoms with Gasteiger partial charge < -0.3 is 9.87 Å². The van der Waals surface area contributed by atoms with E-state index in [0.717, 1.165) is 5.56 Å². The van der Waals surface area contributed by atoms with Gasteiger partial charge in [-0.25, -0.2) is 18.8 Å². The van der Waals surface area contributed by atoms with Crippen LogP contribution in [-0.4, -0.2) is 24.8 Å². The second-order valence-corrected chi connectivity index (χ2v) is 6.33. The number of hydrogen-bond donors (Lipinski definition) is 3. The summed E-state index contributed by atoms with van der Waals surface area (Å²) in [7, 11) is -2.47. The van der Waals surface area contributed by atoms with E-state index in [-0.39, 0.29) is 4.90 Å². The van der Waals surface area contributed by atoms with Crippen LogP contribution in [0.15, 0.2) is 53.7 Å². The van der Waals surface area contributed by atoms with Crippen molar-refractivity contribution >= 4 is 27.6 Å². The molecule has 0 saturated heterocycles. The van der Waals surface area contributed by atoms with E-state index in [9.17, 15) is 22.6 Å². The summed E-state index contributed by atoms with van der Waals surface area (Å²) in [5.74, 6) is 3.12. The first-order valence-corrected chi connectivity index (χ1v) is 8.34. The lowest BCUT2D eigenvalue weighted by Gasteiger charge is -2.05. The molecule has 0 fully saturated rings. The Morgan fingerprint density at radius 2 is 1.72 bits per heavy atom. The molecular weight excluding hydrogens is 348 g/mol. The lowest BCUT2D eigenvalue weighted by Crippen LogP contribution is -2.40. The number of carbonyl (C=O) groups excluding carboxylic acids is 2. The van der Waals surface area contributed by atoms with Gasteiger partial charge in [0.15, 0.2) is 12.4 Å². The molecule has 9 nitrogen and oxygen atoms in total. The molecule has 0 aliphatic rings. The number of aromatic nitrogens is 1. The highest BCUT2D eigenvalue weighted by atomic mass is 32.2. The van der Waals surface area contributed by atoms with E-state index in [1.807, 2.05) is 6.92 Å². The molecule has 2 rings (SSSR count). The van der Waals surface area contributed by atoms with Gasteiger partial charge in [-0.3, -0.25) is 15.0 Å². The smallest absolute Gasteiger partial charge is 0.323 e. The summed E-state index contributed by atoms with van der Waals surface area (Å²) in [6.45, 7) is 1.82. The standard InChI is InChI=1S/C8H10N4O2.C7H8O3S/c1-12-4-2-3-6(5-12)10-7(13)8(14)11-9;1-6-2-4-7(5-3-6)11(8,9)10/h2-5H,1H3,(H3-,9,10,11,13,14);2-5H,1H3,(H,8,9,10). The predicted molar refractivity (Wildman–Crippen MR) is 87.7 cm³/mol. The number of nitrogens with one attached hydrogen (secondary N) is 2. The fourth-order valence-electron chi connectivity index (χ4n) is 1.62. The van der Waals surface area contributed by atoms with Crippen LogP contribution in [0.4, 0.5) is 5.69 Å². The van der Waals surface area contributed by atoms with E-state index < -0.39 is 21.9 Å². The molecule has 10 heteroatoms. The zero-order valence-corrected chi connectivity index (χ0v) is 14.4. The van der Waals surface area contributed by atoms with Gasteiger partial charge in [-0.15, -0.1) is 0 Å². The van der Waals surface area contributed by atoms with Crippen LogP contribution in [0.2, 0.25) is 0 Å². The lowest BCUT2D eigenvalue weighted by atomic mass is 10.2. The van der Waals surface area contributed by atoms with Crippen LogP contribution in [0, 0.1) is 6.92 Å². The molecule has 0 atom stereocenters. The van der Waals surface area contributed by atoms with E-state index in [4.69, 9.17) is 5.84 Å². The number of nitrogens with two attached hydrogens (primary N) is 1. The molecule has 4 N–H and O–H groups in total. The number of hydrogen-bond acceptors (Lipinski definition) is 6. The Hall–Kier alpha value is -2.82. The van der Waals surface area contributed by atoms with Crippen molar-refractivity contribution in [3.63, 3.8) is 0 Å². The highest BCUT2D eigenvalue weighted by molar-refractivity contribution is 7.85. The van der Waals surface area contributed by atoms with Crippen molar-refractivity contribution in [2.24, 2.45) is 12.9 Å². The quantitative estimate of drug-likeness (QED) is 0.161. The maximum absolute atomic E-state index is 11.0. The average molecular weight is 366 g/mol. The zero-order chi connectivity index (χ0) is 19.0. The third-order valence-electron chi connectivity index (χ3n) is 2.84. The van der Waals surface area contributed by atoms with Crippen LogP contribution in [0.25, 0.3) is 0 Å². The van der Waals surface area contributed by atoms with Crippen LogP contribution in [-0.2, 0) is 26.8 Å². The molecule has 0 aliphatic carbocycles. The number of carbonyl (C=O) groups is 2. The van der Waals surface area contributed by atoms with Crippen LogP contribution in [0.1, 0.15) is 5.56 Å². The molecule has 0 unspecified atom stereocenters.